The highest BCUT2D eigenvalue weighted by atomic mass is 16.5. The van der Waals surface area contributed by atoms with Gasteiger partial charge in [-0.25, -0.2) is 4.79 Å². The van der Waals surface area contributed by atoms with E-state index in [1.54, 1.807) is 72.8 Å². The lowest BCUT2D eigenvalue weighted by atomic mass is 10.1. The van der Waals surface area contributed by atoms with Crippen molar-refractivity contribution in [1.29, 1.82) is 0 Å². The molecule has 0 saturated heterocycles. The fraction of sp³-hybridized carbons (Fsp3) is 0.143. The number of carbonyl (C=O) groups excluding carboxylic acids is 3. The first-order chi connectivity index (χ1) is 17.4. The van der Waals surface area contributed by atoms with E-state index in [1.807, 2.05) is 19.9 Å². The van der Waals surface area contributed by atoms with E-state index < -0.39 is 12.6 Å². The van der Waals surface area contributed by atoms with Gasteiger partial charge in [0.1, 0.15) is 18.1 Å². The van der Waals surface area contributed by atoms with Crippen molar-refractivity contribution in [3.8, 4) is 5.75 Å². The molecule has 8 nitrogen and oxygen atoms in total. The summed E-state index contributed by atoms with van der Waals surface area (Å²) in [6, 6.07) is 21.6. The summed E-state index contributed by atoms with van der Waals surface area (Å²) in [5.41, 5.74) is 3.39. The molecule has 0 aliphatic carbocycles. The number of aromatic nitrogens is 1. The van der Waals surface area contributed by atoms with E-state index in [1.165, 1.54) is 0 Å². The number of Topliss-reactive ketones (excluding diaryl/α,β-unsaturated/α-hetero) is 1. The SMILES string of the molecule is Cc1noc(C)c1COc1ccc(C(=O)OCC(=O)c2ccc(NC(=O)c3ccccc3)cc2)cc1. The molecule has 4 rings (SSSR count). The highest BCUT2D eigenvalue weighted by Gasteiger charge is 2.14. The molecule has 0 saturated carbocycles. The maximum atomic E-state index is 12.4. The number of benzene rings is 3. The fourth-order valence-corrected chi connectivity index (χ4v) is 3.38. The van der Waals surface area contributed by atoms with E-state index >= 15 is 0 Å². The summed E-state index contributed by atoms with van der Waals surface area (Å²) in [6.45, 7) is 3.55. The van der Waals surface area contributed by atoms with Gasteiger partial charge >= 0.3 is 5.97 Å². The van der Waals surface area contributed by atoms with Crippen LogP contribution in [0.15, 0.2) is 83.4 Å². The maximum absolute atomic E-state index is 12.4. The first-order valence-corrected chi connectivity index (χ1v) is 11.2. The summed E-state index contributed by atoms with van der Waals surface area (Å²) in [4.78, 5) is 37.0. The Bertz CT molecular complexity index is 1340. The molecule has 0 bridgehead atoms. The van der Waals surface area contributed by atoms with E-state index in [0.29, 0.717) is 40.5 Å². The lowest BCUT2D eigenvalue weighted by Crippen LogP contribution is -2.15. The Hall–Kier alpha value is -4.72. The molecular weight excluding hydrogens is 460 g/mol. The summed E-state index contributed by atoms with van der Waals surface area (Å²) in [7, 11) is 0. The van der Waals surface area contributed by atoms with E-state index in [-0.39, 0.29) is 11.7 Å². The van der Waals surface area contributed by atoms with Crippen LogP contribution in [0.25, 0.3) is 0 Å². The lowest BCUT2D eigenvalue weighted by Gasteiger charge is -2.08. The van der Waals surface area contributed by atoms with Crippen molar-refractivity contribution in [1.82, 2.24) is 5.16 Å². The average molecular weight is 485 g/mol. The Balaban J connectivity index is 1.26. The van der Waals surface area contributed by atoms with Crippen LogP contribution >= 0.6 is 0 Å². The van der Waals surface area contributed by atoms with Gasteiger partial charge in [0, 0.05) is 16.8 Å². The molecule has 0 radical (unpaired) electrons. The zero-order valence-corrected chi connectivity index (χ0v) is 19.8. The Kier molecular flexibility index (Phi) is 7.55. The standard InChI is InChI=1S/C28H24N2O6/c1-18-25(19(2)36-30-18)16-34-24-14-10-22(11-15-24)28(33)35-17-26(31)20-8-12-23(13-9-20)29-27(32)21-6-4-3-5-7-21/h3-15H,16-17H2,1-2H3,(H,29,32). The number of aryl methyl sites for hydroxylation is 2. The van der Waals surface area contributed by atoms with Gasteiger partial charge in [0.2, 0.25) is 0 Å². The van der Waals surface area contributed by atoms with Crippen LogP contribution in [0.2, 0.25) is 0 Å². The summed E-state index contributed by atoms with van der Waals surface area (Å²) in [6.07, 6.45) is 0. The van der Waals surface area contributed by atoms with Crippen molar-refractivity contribution in [2.24, 2.45) is 0 Å². The number of rotatable bonds is 9. The number of nitrogens with zero attached hydrogens (tertiary/aromatic N) is 1. The Morgan fingerprint density at radius 2 is 1.50 bits per heavy atom. The summed E-state index contributed by atoms with van der Waals surface area (Å²) in [5.74, 6) is 0.0471. The Morgan fingerprint density at radius 3 is 2.14 bits per heavy atom. The van der Waals surface area contributed by atoms with Crippen molar-refractivity contribution >= 4 is 23.3 Å². The van der Waals surface area contributed by atoms with Crippen LogP contribution in [0.1, 0.15) is 48.1 Å². The molecular formula is C28H24N2O6. The number of amides is 1. The molecule has 182 valence electrons. The van der Waals surface area contributed by atoms with Gasteiger partial charge in [-0.15, -0.1) is 0 Å². The quantitative estimate of drug-likeness (QED) is 0.258. The molecule has 0 aliphatic rings. The molecule has 8 heteroatoms. The van der Waals surface area contributed by atoms with Crippen molar-refractivity contribution in [2.75, 3.05) is 11.9 Å². The molecule has 0 unspecified atom stereocenters. The molecule has 1 heterocycles. The molecule has 36 heavy (non-hydrogen) atoms. The van der Waals surface area contributed by atoms with Gasteiger partial charge in [0.05, 0.1) is 16.8 Å². The average Bonchev–Trinajstić information content (AvgIpc) is 3.23. The van der Waals surface area contributed by atoms with Gasteiger partial charge in [-0.3, -0.25) is 9.59 Å². The maximum Gasteiger partial charge on any atom is 0.338 e. The highest BCUT2D eigenvalue weighted by Crippen LogP contribution is 2.18. The largest absolute Gasteiger partial charge is 0.489 e. The molecule has 1 N–H and O–H groups in total. The van der Waals surface area contributed by atoms with E-state index in [4.69, 9.17) is 14.0 Å². The van der Waals surface area contributed by atoms with Crippen molar-refractivity contribution < 1.29 is 28.4 Å². The van der Waals surface area contributed by atoms with Gasteiger partial charge in [0.25, 0.3) is 5.91 Å². The van der Waals surface area contributed by atoms with Crippen molar-refractivity contribution in [3.63, 3.8) is 0 Å². The van der Waals surface area contributed by atoms with Crippen LogP contribution in [0.3, 0.4) is 0 Å². The minimum Gasteiger partial charge on any atom is -0.489 e. The summed E-state index contributed by atoms with van der Waals surface area (Å²) >= 11 is 0. The van der Waals surface area contributed by atoms with E-state index in [2.05, 4.69) is 10.5 Å². The third-order valence-electron chi connectivity index (χ3n) is 5.49. The molecule has 1 aromatic heterocycles. The number of esters is 1. The summed E-state index contributed by atoms with van der Waals surface area (Å²) in [5, 5.41) is 6.66. The third kappa shape index (κ3) is 6.04. The van der Waals surface area contributed by atoms with Gasteiger partial charge in [-0.2, -0.15) is 0 Å². The van der Waals surface area contributed by atoms with E-state index in [9.17, 15) is 14.4 Å². The van der Waals surface area contributed by atoms with Gasteiger partial charge in [0.15, 0.2) is 12.4 Å². The number of hydrogen-bond acceptors (Lipinski definition) is 7. The highest BCUT2D eigenvalue weighted by molar-refractivity contribution is 6.05. The second-order valence-corrected chi connectivity index (χ2v) is 8.01. The normalized spacial score (nSPS) is 10.5. The van der Waals surface area contributed by atoms with Crippen molar-refractivity contribution in [2.45, 2.75) is 20.5 Å². The van der Waals surface area contributed by atoms with E-state index in [0.717, 1.165) is 11.3 Å². The number of ether oxygens (including phenoxy) is 2. The predicted octanol–water partition coefficient (Wildman–Crippen LogP) is 5.16. The van der Waals surface area contributed by atoms with Crippen molar-refractivity contribution in [3.05, 3.63) is 113 Å². The predicted molar refractivity (Wildman–Crippen MR) is 132 cm³/mol. The van der Waals surface area contributed by atoms with Gasteiger partial charge in [-0.05, 0) is 74.5 Å². The molecule has 3 aromatic carbocycles. The molecule has 0 aliphatic heterocycles. The van der Waals surface area contributed by atoms with Crippen LogP contribution < -0.4 is 10.1 Å². The second kappa shape index (κ2) is 11.1. The molecule has 4 aromatic rings. The zero-order valence-electron chi connectivity index (χ0n) is 19.8. The summed E-state index contributed by atoms with van der Waals surface area (Å²) < 4.78 is 16.0. The number of hydrogen-bond donors (Lipinski definition) is 1. The Labute approximate surface area is 207 Å². The van der Waals surface area contributed by atoms with Crippen LogP contribution in [0, 0.1) is 13.8 Å². The van der Waals surface area contributed by atoms with Gasteiger partial charge < -0.3 is 19.3 Å². The smallest absolute Gasteiger partial charge is 0.338 e. The molecule has 1 amide bonds. The zero-order chi connectivity index (χ0) is 25.5. The number of nitrogens with one attached hydrogen (secondary N) is 1. The number of ketones is 1. The number of anilines is 1. The first kappa shape index (κ1) is 24.4. The monoisotopic (exact) mass is 484 g/mol. The minimum atomic E-state index is -0.618. The topological polar surface area (TPSA) is 108 Å². The minimum absolute atomic E-state index is 0.247. The van der Waals surface area contributed by atoms with Crippen LogP contribution in [-0.4, -0.2) is 29.4 Å². The number of carbonyl (C=O) groups is 3. The first-order valence-electron chi connectivity index (χ1n) is 11.2. The molecule has 0 atom stereocenters. The fourth-order valence-electron chi connectivity index (χ4n) is 3.38. The van der Waals surface area contributed by atoms with Crippen LogP contribution in [0.4, 0.5) is 5.69 Å². The second-order valence-electron chi connectivity index (χ2n) is 8.01. The van der Waals surface area contributed by atoms with Crippen LogP contribution in [-0.2, 0) is 11.3 Å². The molecule has 0 fully saturated rings. The third-order valence-corrected chi connectivity index (χ3v) is 5.49. The van der Waals surface area contributed by atoms with Crippen LogP contribution in [0.5, 0.6) is 5.75 Å². The lowest BCUT2D eigenvalue weighted by molar-refractivity contribution is 0.0474. The Morgan fingerprint density at radius 1 is 0.833 bits per heavy atom. The molecule has 0 spiro atoms. The van der Waals surface area contributed by atoms with Gasteiger partial charge in [-0.1, -0.05) is 23.4 Å².